The molecule has 1 aliphatic heterocycles. The first kappa shape index (κ1) is 19.5. The fourth-order valence-electron chi connectivity index (χ4n) is 3.40. The molecule has 1 aliphatic carbocycles. The lowest BCUT2D eigenvalue weighted by molar-refractivity contribution is -0.124. The van der Waals surface area contributed by atoms with Gasteiger partial charge in [0.2, 0.25) is 17.8 Å². The summed E-state index contributed by atoms with van der Waals surface area (Å²) in [6, 6.07) is 7.89. The number of carbonyl (C=O) groups excluding carboxylic acids is 2. The van der Waals surface area contributed by atoms with Crippen LogP contribution in [0.4, 0.5) is 11.9 Å². The zero-order chi connectivity index (χ0) is 21.5. The number of fused-ring (bicyclic) bond motifs is 1. The lowest BCUT2D eigenvalue weighted by Crippen LogP contribution is -2.19. The standard InChI is InChI=1S/C21H20ClN7O2/c1-11(12-2-4-15(22)5-3-12)24-20-27-18-14(8-13-9-17(30)26-19(13)31)10-23-29(18)21(28-20)25-16-6-7-16/h2-5,8,10-11,16H,6-7,9H2,1H3,(H,26,30,31)(H2,24,25,27,28)/b13-8+/t11-/m0/s1. The van der Waals surface area contributed by atoms with Crippen molar-refractivity contribution in [2.45, 2.75) is 38.3 Å². The third-order valence-corrected chi connectivity index (χ3v) is 5.50. The highest BCUT2D eigenvalue weighted by Gasteiger charge is 2.26. The van der Waals surface area contributed by atoms with Crippen LogP contribution in [-0.4, -0.2) is 37.4 Å². The molecule has 1 aromatic carbocycles. The molecule has 1 saturated heterocycles. The molecule has 3 aromatic rings. The Kier molecular flexibility index (Phi) is 4.82. The van der Waals surface area contributed by atoms with E-state index in [1.807, 2.05) is 31.2 Å². The summed E-state index contributed by atoms with van der Waals surface area (Å²) < 4.78 is 1.62. The Labute approximate surface area is 182 Å². The maximum atomic E-state index is 12.0. The highest BCUT2D eigenvalue weighted by Crippen LogP contribution is 2.27. The van der Waals surface area contributed by atoms with Gasteiger partial charge in [0.05, 0.1) is 18.7 Å². The molecule has 9 nitrogen and oxygen atoms in total. The number of imide groups is 1. The molecule has 1 saturated carbocycles. The number of rotatable bonds is 6. The lowest BCUT2D eigenvalue weighted by atomic mass is 10.1. The summed E-state index contributed by atoms with van der Waals surface area (Å²) in [6.45, 7) is 2.01. The summed E-state index contributed by atoms with van der Waals surface area (Å²) in [5.41, 5.74) is 2.62. The van der Waals surface area contributed by atoms with Crippen molar-refractivity contribution in [1.82, 2.24) is 24.9 Å². The molecule has 2 aliphatic rings. The maximum absolute atomic E-state index is 12.0. The first-order chi connectivity index (χ1) is 15.0. The van der Waals surface area contributed by atoms with Gasteiger partial charge in [0.15, 0.2) is 5.65 Å². The normalized spacial score (nSPS) is 18.5. The predicted molar refractivity (Wildman–Crippen MR) is 117 cm³/mol. The van der Waals surface area contributed by atoms with Crippen molar-refractivity contribution in [3.8, 4) is 0 Å². The summed E-state index contributed by atoms with van der Waals surface area (Å²) in [6.07, 6.45) is 5.49. The number of hydrogen-bond donors (Lipinski definition) is 3. The number of anilines is 2. The van der Waals surface area contributed by atoms with Crippen molar-refractivity contribution < 1.29 is 9.59 Å². The van der Waals surface area contributed by atoms with Crippen LogP contribution in [-0.2, 0) is 9.59 Å². The molecule has 2 fully saturated rings. The third kappa shape index (κ3) is 4.09. The molecule has 2 aromatic heterocycles. The first-order valence-electron chi connectivity index (χ1n) is 10.1. The fraction of sp³-hybridized carbons (Fsp3) is 0.286. The van der Waals surface area contributed by atoms with Gasteiger partial charge in [-0.25, -0.2) is 0 Å². The van der Waals surface area contributed by atoms with Gasteiger partial charge in [-0.1, -0.05) is 23.7 Å². The van der Waals surface area contributed by atoms with Gasteiger partial charge in [-0.15, -0.1) is 0 Å². The summed E-state index contributed by atoms with van der Waals surface area (Å²) in [4.78, 5) is 32.8. The topological polar surface area (TPSA) is 113 Å². The Balaban J connectivity index is 1.52. The Bertz CT molecular complexity index is 1210. The highest BCUT2D eigenvalue weighted by atomic mass is 35.5. The van der Waals surface area contributed by atoms with E-state index in [9.17, 15) is 9.59 Å². The molecule has 0 bridgehead atoms. The zero-order valence-corrected chi connectivity index (χ0v) is 17.5. The van der Waals surface area contributed by atoms with Gasteiger partial charge >= 0.3 is 0 Å². The van der Waals surface area contributed by atoms with Gasteiger partial charge in [-0.3, -0.25) is 14.9 Å². The van der Waals surface area contributed by atoms with Crippen molar-refractivity contribution in [2.24, 2.45) is 0 Å². The molecular formula is C21H20ClN7O2. The van der Waals surface area contributed by atoms with Crippen LogP contribution in [0.3, 0.4) is 0 Å². The monoisotopic (exact) mass is 437 g/mol. The number of aromatic nitrogens is 4. The van der Waals surface area contributed by atoms with E-state index in [-0.39, 0.29) is 24.3 Å². The van der Waals surface area contributed by atoms with Gasteiger partial charge in [0, 0.05) is 22.2 Å². The van der Waals surface area contributed by atoms with Crippen LogP contribution in [0.2, 0.25) is 5.02 Å². The molecule has 1 atom stereocenters. The SMILES string of the molecule is C[C@H](Nc1nc(NC2CC2)n2ncc(/C=C3\CC(=O)NC3=O)c2n1)c1ccc(Cl)cc1. The molecule has 0 spiro atoms. The molecule has 5 rings (SSSR count). The van der Waals surface area contributed by atoms with Crippen LogP contribution in [0.15, 0.2) is 36.0 Å². The van der Waals surface area contributed by atoms with Crippen LogP contribution in [0, 0.1) is 0 Å². The van der Waals surface area contributed by atoms with Gasteiger partial charge in [0.1, 0.15) is 0 Å². The van der Waals surface area contributed by atoms with E-state index in [0.717, 1.165) is 18.4 Å². The van der Waals surface area contributed by atoms with E-state index in [1.54, 1.807) is 16.8 Å². The number of nitrogens with zero attached hydrogens (tertiary/aromatic N) is 4. The van der Waals surface area contributed by atoms with Gasteiger partial charge in [-0.05, 0) is 43.5 Å². The van der Waals surface area contributed by atoms with Crippen LogP contribution >= 0.6 is 11.6 Å². The molecule has 31 heavy (non-hydrogen) atoms. The Morgan fingerprint density at radius 3 is 2.68 bits per heavy atom. The number of amides is 2. The summed E-state index contributed by atoms with van der Waals surface area (Å²) in [5.74, 6) is 0.321. The Morgan fingerprint density at radius 1 is 1.23 bits per heavy atom. The number of benzene rings is 1. The number of hydrogen-bond acceptors (Lipinski definition) is 7. The Hall–Kier alpha value is -3.46. The summed E-state index contributed by atoms with van der Waals surface area (Å²) in [5, 5.41) is 14.1. The van der Waals surface area contributed by atoms with Crippen molar-refractivity contribution in [2.75, 3.05) is 10.6 Å². The minimum absolute atomic E-state index is 0.0488. The molecule has 3 heterocycles. The predicted octanol–water partition coefficient (Wildman–Crippen LogP) is 2.96. The average molecular weight is 438 g/mol. The van der Waals surface area contributed by atoms with E-state index < -0.39 is 0 Å². The quantitative estimate of drug-likeness (QED) is 0.401. The maximum Gasteiger partial charge on any atom is 0.254 e. The average Bonchev–Trinajstić information content (AvgIpc) is 3.37. The van der Waals surface area contributed by atoms with Crippen molar-refractivity contribution in [1.29, 1.82) is 0 Å². The lowest BCUT2D eigenvalue weighted by Gasteiger charge is -2.16. The molecule has 2 amide bonds. The summed E-state index contributed by atoms with van der Waals surface area (Å²) >= 11 is 5.99. The summed E-state index contributed by atoms with van der Waals surface area (Å²) in [7, 11) is 0. The zero-order valence-electron chi connectivity index (χ0n) is 16.7. The highest BCUT2D eigenvalue weighted by molar-refractivity contribution is 6.30. The second-order valence-corrected chi connectivity index (χ2v) is 8.20. The minimum Gasteiger partial charge on any atom is -0.351 e. The van der Waals surface area contributed by atoms with Crippen molar-refractivity contribution in [3.63, 3.8) is 0 Å². The van der Waals surface area contributed by atoms with E-state index in [1.165, 1.54) is 0 Å². The fourth-order valence-corrected chi connectivity index (χ4v) is 3.53. The number of nitrogens with one attached hydrogen (secondary N) is 3. The minimum atomic E-state index is -0.385. The largest absolute Gasteiger partial charge is 0.351 e. The van der Waals surface area contributed by atoms with E-state index in [2.05, 4.69) is 31.0 Å². The molecule has 3 N–H and O–H groups in total. The molecule has 0 radical (unpaired) electrons. The Morgan fingerprint density at radius 2 is 2.00 bits per heavy atom. The van der Waals surface area contributed by atoms with Crippen LogP contribution in [0.1, 0.15) is 43.4 Å². The first-order valence-corrected chi connectivity index (χ1v) is 10.4. The van der Waals surface area contributed by atoms with E-state index >= 15 is 0 Å². The second-order valence-electron chi connectivity index (χ2n) is 7.77. The van der Waals surface area contributed by atoms with Gasteiger partial charge < -0.3 is 10.6 Å². The molecule has 10 heteroatoms. The van der Waals surface area contributed by atoms with Crippen molar-refractivity contribution in [3.05, 3.63) is 52.2 Å². The van der Waals surface area contributed by atoms with Crippen molar-refractivity contribution >= 4 is 47.0 Å². The van der Waals surface area contributed by atoms with E-state index in [4.69, 9.17) is 11.6 Å². The van der Waals surface area contributed by atoms with Crippen LogP contribution < -0.4 is 16.0 Å². The molecule has 158 valence electrons. The molecule has 0 unspecified atom stereocenters. The van der Waals surface area contributed by atoms with Gasteiger partial charge in [-0.2, -0.15) is 19.6 Å². The number of carbonyl (C=O) groups is 2. The van der Waals surface area contributed by atoms with E-state index in [0.29, 0.717) is 39.7 Å². The van der Waals surface area contributed by atoms with Gasteiger partial charge in [0.25, 0.3) is 5.91 Å². The van der Waals surface area contributed by atoms with Crippen LogP contribution in [0.25, 0.3) is 11.7 Å². The van der Waals surface area contributed by atoms with Crippen LogP contribution in [0.5, 0.6) is 0 Å². The second kappa shape index (κ2) is 7.66. The third-order valence-electron chi connectivity index (χ3n) is 5.25. The number of halogens is 1. The smallest absolute Gasteiger partial charge is 0.254 e. The molecular weight excluding hydrogens is 418 g/mol.